The maximum absolute atomic E-state index is 15.2. The number of aliphatic hydroxyl groups is 1. The third-order valence-corrected chi connectivity index (χ3v) is 11.0. The van der Waals surface area contributed by atoms with Crippen LogP contribution in [0.1, 0.15) is 35.4 Å². The molecule has 3 heterocycles. The Labute approximate surface area is 309 Å². The van der Waals surface area contributed by atoms with Gasteiger partial charge in [0, 0.05) is 17.1 Å². The number of carbonyl (C=O) groups excluding carboxylic acids is 5. The van der Waals surface area contributed by atoms with Crippen LogP contribution < -0.4 is 10.2 Å². The molecule has 2 N–H and O–H groups in total. The Morgan fingerprint density at radius 3 is 2.34 bits per heavy atom. The number of allylic oxidation sites excluding steroid dienone is 2. The second kappa shape index (κ2) is 13.5. The van der Waals surface area contributed by atoms with E-state index in [4.69, 9.17) is 32.7 Å². The Bertz CT molecular complexity index is 2060. The SMILES string of the molecule is COC(=O)N1C(=O)C2CC=C3C(CC4C(=O)N(Nc5ncc(C(F)(F)F)cc5Cl)C(=O)C4(c4ccc(Cl)cc4)C3c3ccc(OCCO)cc3)C2C1=O. The lowest BCUT2D eigenvalue weighted by Crippen LogP contribution is -2.53. The van der Waals surface area contributed by atoms with Gasteiger partial charge >= 0.3 is 12.3 Å². The molecule has 17 heteroatoms. The zero-order valence-corrected chi connectivity index (χ0v) is 29.1. The fourth-order valence-electron chi connectivity index (χ4n) is 8.35. The summed E-state index contributed by atoms with van der Waals surface area (Å²) >= 11 is 12.5. The lowest BCUT2D eigenvalue weighted by molar-refractivity contribution is -0.140. The number of amides is 5. The second-order valence-corrected chi connectivity index (χ2v) is 13.9. The first kappa shape index (κ1) is 36.4. The van der Waals surface area contributed by atoms with Gasteiger partial charge in [-0.3, -0.25) is 24.6 Å². The molecule has 12 nitrogen and oxygen atoms in total. The van der Waals surface area contributed by atoms with E-state index < -0.39 is 87.3 Å². The Balaban J connectivity index is 1.41. The Morgan fingerprint density at radius 2 is 1.72 bits per heavy atom. The molecule has 7 rings (SSSR count). The molecule has 6 unspecified atom stereocenters. The van der Waals surface area contributed by atoms with E-state index in [2.05, 4.69) is 10.4 Å². The van der Waals surface area contributed by atoms with Gasteiger partial charge in [-0.05, 0) is 60.2 Å². The summed E-state index contributed by atoms with van der Waals surface area (Å²) in [7, 11) is 1.04. The van der Waals surface area contributed by atoms with Crippen molar-refractivity contribution in [3.8, 4) is 5.75 Å². The summed E-state index contributed by atoms with van der Waals surface area (Å²) in [6, 6.07) is 13.6. The van der Waals surface area contributed by atoms with Crippen LogP contribution in [0.25, 0.3) is 0 Å². The first-order valence-electron chi connectivity index (χ1n) is 16.4. The zero-order chi connectivity index (χ0) is 38.0. The van der Waals surface area contributed by atoms with Crippen LogP contribution in [0.4, 0.5) is 23.8 Å². The highest BCUT2D eigenvalue weighted by molar-refractivity contribution is 6.33. The summed E-state index contributed by atoms with van der Waals surface area (Å²) in [5, 5.41) is 9.77. The predicted octanol–water partition coefficient (Wildman–Crippen LogP) is 5.53. The van der Waals surface area contributed by atoms with Crippen molar-refractivity contribution in [3.05, 3.63) is 99.2 Å². The maximum Gasteiger partial charge on any atom is 0.423 e. The number of hydrogen-bond donors (Lipinski definition) is 2. The number of benzene rings is 2. The number of pyridine rings is 1. The number of anilines is 1. The minimum Gasteiger partial charge on any atom is -0.491 e. The van der Waals surface area contributed by atoms with Crippen LogP contribution in [0.2, 0.25) is 10.0 Å². The van der Waals surface area contributed by atoms with E-state index in [9.17, 15) is 37.5 Å². The van der Waals surface area contributed by atoms with E-state index in [0.29, 0.717) is 49.6 Å². The molecule has 0 radical (unpaired) electrons. The number of hydrogen-bond acceptors (Lipinski definition) is 10. The van der Waals surface area contributed by atoms with Crippen LogP contribution in [-0.2, 0) is 35.5 Å². The van der Waals surface area contributed by atoms with E-state index >= 15 is 4.79 Å². The van der Waals surface area contributed by atoms with Gasteiger partial charge in [-0.1, -0.05) is 59.1 Å². The van der Waals surface area contributed by atoms with Gasteiger partial charge in [0.1, 0.15) is 12.4 Å². The number of fused-ring (bicyclic) bond motifs is 4. The van der Waals surface area contributed by atoms with Gasteiger partial charge < -0.3 is 14.6 Å². The van der Waals surface area contributed by atoms with Gasteiger partial charge in [0.15, 0.2) is 5.82 Å². The largest absolute Gasteiger partial charge is 0.491 e. The molecular formula is C36H29Cl2F3N4O8. The number of nitrogens with one attached hydrogen (secondary N) is 1. The number of aromatic nitrogens is 1. The van der Waals surface area contributed by atoms with Gasteiger partial charge in [0.25, 0.3) is 11.8 Å². The monoisotopic (exact) mass is 772 g/mol. The van der Waals surface area contributed by atoms with Crippen LogP contribution in [0.5, 0.6) is 5.75 Å². The number of imide groups is 4. The molecule has 0 spiro atoms. The van der Waals surface area contributed by atoms with Gasteiger partial charge in [-0.25, -0.2) is 9.78 Å². The minimum atomic E-state index is -4.77. The summed E-state index contributed by atoms with van der Waals surface area (Å²) in [5.41, 5.74) is 1.14. The number of rotatable bonds is 7. The Kier molecular flexibility index (Phi) is 9.23. The number of likely N-dealkylation sites (tertiary alicyclic amines) is 1. The van der Waals surface area contributed by atoms with E-state index in [0.717, 1.165) is 7.11 Å². The molecule has 276 valence electrons. The van der Waals surface area contributed by atoms with E-state index in [1.165, 1.54) is 0 Å². The number of methoxy groups -OCH3 is 1. The molecule has 0 bridgehead atoms. The highest BCUT2D eigenvalue weighted by Crippen LogP contribution is 2.64. The molecule has 2 aromatic carbocycles. The molecule has 1 aromatic heterocycles. The topological polar surface area (TPSA) is 155 Å². The molecule has 5 amide bonds. The third kappa shape index (κ3) is 5.72. The van der Waals surface area contributed by atoms with Gasteiger partial charge in [-0.2, -0.15) is 23.1 Å². The van der Waals surface area contributed by atoms with E-state index in [-0.39, 0.29) is 26.1 Å². The standard InChI is InChI=1S/C36H29Cl2F3N4O8/c1-52-34(51)44-30(47)23-11-10-22-24(27(23)32(44)49)15-25-31(48)45(43-29-26(38)14-19(16-42-29)36(39,40)41)33(50)35(25,18-4-6-20(37)7-5-18)28(22)17-2-8-21(9-3-17)53-13-12-46/h2-10,14,16,23-25,27-28,46H,11-13,15H2,1H3,(H,42,43). The Hall–Kier alpha value is -4.99. The van der Waals surface area contributed by atoms with Crippen molar-refractivity contribution in [2.75, 3.05) is 25.7 Å². The normalized spacial score (nSPS) is 26.5. The smallest absolute Gasteiger partial charge is 0.423 e. The van der Waals surface area contributed by atoms with E-state index in [1.54, 1.807) is 54.6 Å². The summed E-state index contributed by atoms with van der Waals surface area (Å²) in [6.45, 7) is -0.230. The highest BCUT2D eigenvalue weighted by atomic mass is 35.5. The highest BCUT2D eigenvalue weighted by Gasteiger charge is 2.70. The second-order valence-electron chi connectivity index (χ2n) is 13.0. The zero-order valence-electron chi connectivity index (χ0n) is 27.6. The van der Waals surface area contributed by atoms with Crippen molar-refractivity contribution in [2.45, 2.75) is 30.4 Å². The lowest BCUT2D eigenvalue weighted by atomic mass is 9.49. The quantitative estimate of drug-likeness (QED) is 0.231. The molecule has 6 atom stereocenters. The maximum atomic E-state index is 15.2. The number of hydrazine groups is 1. The van der Waals surface area contributed by atoms with Crippen LogP contribution >= 0.6 is 23.2 Å². The van der Waals surface area contributed by atoms with Crippen molar-refractivity contribution < 1.29 is 51.7 Å². The fraction of sp³-hybridized carbons (Fsp3) is 0.333. The molecule has 3 aromatic rings. The number of aliphatic hydroxyl groups excluding tert-OH is 1. The average molecular weight is 774 g/mol. The first-order chi connectivity index (χ1) is 25.2. The molecule has 53 heavy (non-hydrogen) atoms. The summed E-state index contributed by atoms with van der Waals surface area (Å²) < 4.78 is 50.6. The third-order valence-electron chi connectivity index (χ3n) is 10.5. The summed E-state index contributed by atoms with van der Waals surface area (Å²) in [4.78, 5) is 74.1. The summed E-state index contributed by atoms with van der Waals surface area (Å²) in [6.07, 6.45) is -3.71. The van der Waals surface area contributed by atoms with Gasteiger partial charge in [0.05, 0.1) is 47.5 Å². The average Bonchev–Trinajstić information content (AvgIpc) is 3.52. The van der Waals surface area contributed by atoms with Crippen LogP contribution in [0.15, 0.2) is 72.4 Å². The molecule has 3 fully saturated rings. The van der Waals surface area contributed by atoms with Gasteiger partial charge in [0.2, 0.25) is 11.8 Å². The molecule has 4 aliphatic rings. The molecule has 2 aliphatic heterocycles. The molecular weight excluding hydrogens is 744 g/mol. The lowest BCUT2D eigenvalue weighted by Gasteiger charge is -2.50. The molecule has 2 saturated heterocycles. The van der Waals surface area contributed by atoms with Gasteiger partial charge in [-0.15, -0.1) is 0 Å². The van der Waals surface area contributed by atoms with Crippen molar-refractivity contribution in [1.82, 2.24) is 14.9 Å². The fourth-order valence-corrected chi connectivity index (χ4v) is 8.68. The van der Waals surface area contributed by atoms with Crippen LogP contribution in [0, 0.1) is 23.7 Å². The first-order valence-corrected chi connectivity index (χ1v) is 17.1. The van der Waals surface area contributed by atoms with Crippen molar-refractivity contribution in [3.63, 3.8) is 0 Å². The number of halogens is 5. The van der Waals surface area contributed by atoms with E-state index in [1.807, 2.05) is 0 Å². The minimum absolute atomic E-state index is 0.0108. The number of ether oxygens (including phenoxy) is 2. The number of alkyl halides is 3. The molecule has 2 aliphatic carbocycles. The van der Waals surface area contributed by atoms with Crippen LogP contribution in [0.3, 0.4) is 0 Å². The van der Waals surface area contributed by atoms with Crippen molar-refractivity contribution in [1.29, 1.82) is 0 Å². The number of carbonyl (C=O) groups is 5. The summed E-state index contributed by atoms with van der Waals surface area (Å²) in [5.74, 6) is -8.14. The van der Waals surface area contributed by atoms with Crippen LogP contribution in [-0.4, -0.2) is 70.0 Å². The van der Waals surface area contributed by atoms with Crippen molar-refractivity contribution >= 4 is 58.7 Å². The van der Waals surface area contributed by atoms with Crippen molar-refractivity contribution in [2.24, 2.45) is 23.7 Å². The number of nitrogens with zero attached hydrogens (tertiary/aromatic N) is 3. The Morgan fingerprint density at radius 1 is 1.02 bits per heavy atom. The molecule has 1 saturated carbocycles. The predicted molar refractivity (Wildman–Crippen MR) is 180 cm³/mol.